The van der Waals surface area contributed by atoms with Crippen molar-refractivity contribution in [3.63, 3.8) is 0 Å². The molecule has 3 rings (SSSR count). The number of alkyl carbamates (subject to hydrolysis) is 1. The van der Waals surface area contributed by atoms with E-state index >= 15 is 0 Å². The van der Waals surface area contributed by atoms with Gasteiger partial charge >= 0.3 is 6.09 Å². The Kier molecular flexibility index (Phi) is 4.79. The van der Waals surface area contributed by atoms with E-state index in [9.17, 15) is 18.7 Å². The molecule has 0 radical (unpaired) electrons. The quantitative estimate of drug-likeness (QED) is 0.685. The Morgan fingerprint density at radius 1 is 1.22 bits per heavy atom. The minimum Gasteiger partial charge on any atom is -0.444 e. The van der Waals surface area contributed by atoms with Crippen LogP contribution in [0.1, 0.15) is 32.8 Å². The van der Waals surface area contributed by atoms with Crippen LogP contribution in [0.3, 0.4) is 0 Å². The summed E-state index contributed by atoms with van der Waals surface area (Å²) in [4.78, 5) is 20.0. The van der Waals surface area contributed by atoms with E-state index in [0.29, 0.717) is 5.52 Å². The van der Waals surface area contributed by atoms with Crippen LogP contribution >= 0.6 is 0 Å². The number of hydrogen-bond acceptors (Lipinski definition) is 5. The van der Waals surface area contributed by atoms with Crippen LogP contribution < -0.4 is 5.32 Å². The molecule has 7 nitrogen and oxygen atoms in total. The molecule has 1 aromatic carbocycles. The Morgan fingerprint density at radius 2 is 1.96 bits per heavy atom. The molecule has 9 heteroatoms. The van der Waals surface area contributed by atoms with Crippen molar-refractivity contribution < 1.29 is 23.4 Å². The van der Waals surface area contributed by atoms with E-state index in [-0.39, 0.29) is 17.0 Å². The molecule has 0 fully saturated rings. The number of carbonyl (C=O) groups is 1. The molecule has 0 aliphatic rings. The van der Waals surface area contributed by atoms with Crippen molar-refractivity contribution in [3.05, 3.63) is 54.1 Å². The number of ether oxygens (including phenoxy) is 1. The molecule has 1 atom stereocenters. The van der Waals surface area contributed by atoms with Crippen LogP contribution in [-0.2, 0) is 4.74 Å². The van der Waals surface area contributed by atoms with E-state index in [1.54, 1.807) is 20.8 Å². The summed E-state index contributed by atoms with van der Waals surface area (Å²) in [7, 11) is 0. The predicted octanol–water partition coefficient (Wildman–Crippen LogP) is 3.21. The molecule has 142 valence electrons. The van der Waals surface area contributed by atoms with E-state index in [1.165, 1.54) is 29.0 Å². The minimum absolute atomic E-state index is 0.0474. The lowest BCUT2D eigenvalue weighted by molar-refractivity contribution is 0.0339. The van der Waals surface area contributed by atoms with Crippen molar-refractivity contribution >= 4 is 17.1 Å². The summed E-state index contributed by atoms with van der Waals surface area (Å²) in [6, 6.07) is 4.97. The zero-order valence-corrected chi connectivity index (χ0v) is 14.9. The third-order valence-electron chi connectivity index (χ3n) is 3.49. The average Bonchev–Trinajstić information content (AvgIpc) is 2.91. The number of hydrogen-bond donors (Lipinski definition) is 2. The second kappa shape index (κ2) is 6.92. The highest BCUT2D eigenvalue weighted by atomic mass is 19.1. The van der Waals surface area contributed by atoms with Gasteiger partial charge in [-0.3, -0.25) is 14.9 Å². The van der Waals surface area contributed by atoms with Gasteiger partial charge in [0.1, 0.15) is 17.2 Å². The Hall–Kier alpha value is -3.07. The van der Waals surface area contributed by atoms with E-state index in [4.69, 9.17) is 4.74 Å². The number of aliphatic hydroxyl groups excluding tert-OH is 1. The standard InChI is InChI=1S/C18H18F2N4O3/c1-18(2,3)27-17(26)23-16(25)15-22-13-5-4-10(19)7-14(13)24(15)12-6-11(20)8-21-9-12/h4-9,16,25H,1-3H3,(H,23,26). The van der Waals surface area contributed by atoms with Gasteiger partial charge in [0, 0.05) is 12.1 Å². The SMILES string of the molecule is CC(C)(C)OC(=O)NC(O)c1nc2ccc(F)cc2n1-c1cncc(F)c1. The average molecular weight is 376 g/mol. The topological polar surface area (TPSA) is 89.3 Å². The third-order valence-corrected chi connectivity index (χ3v) is 3.49. The fourth-order valence-corrected chi connectivity index (χ4v) is 2.53. The molecule has 0 saturated carbocycles. The monoisotopic (exact) mass is 376 g/mol. The lowest BCUT2D eigenvalue weighted by atomic mass is 10.2. The number of amides is 1. The van der Waals surface area contributed by atoms with Gasteiger partial charge in [0.25, 0.3) is 0 Å². The highest BCUT2D eigenvalue weighted by molar-refractivity contribution is 5.78. The maximum Gasteiger partial charge on any atom is 0.410 e. The predicted molar refractivity (Wildman–Crippen MR) is 93.1 cm³/mol. The molecule has 2 N–H and O–H groups in total. The number of imidazole rings is 1. The van der Waals surface area contributed by atoms with Gasteiger partial charge in [0.05, 0.1) is 29.1 Å². The fraction of sp³-hybridized carbons (Fsp3) is 0.278. The number of halogens is 2. The van der Waals surface area contributed by atoms with Crippen molar-refractivity contribution in [2.45, 2.75) is 32.6 Å². The summed E-state index contributed by atoms with van der Waals surface area (Å²) in [6.45, 7) is 5.03. The molecule has 0 aliphatic carbocycles. The van der Waals surface area contributed by atoms with Crippen molar-refractivity contribution in [1.29, 1.82) is 0 Å². The van der Waals surface area contributed by atoms with Gasteiger partial charge in [-0.05, 0) is 32.9 Å². The van der Waals surface area contributed by atoms with Crippen LogP contribution in [-0.4, -0.2) is 31.3 Å². The molecule has 1 amide bonds. The fourth-order valence-electron chi connectivity index (χ4n) is 2.53. The van der Waals surface area contributed by atoms with Gasteiger partial charge in [0.2, 0.25) is 0 Å². The van der Waals surface area contributed by atoms with Gasteiger partial charge in [-0.1, -0.05) is 0 Å². The number of nitrogens with one attached hydrogen (secondary N) is 1. The smallest absolute Gasteiger partial charge is 0.410 e. The Balaban J connectivity index is 2.07. The highest BCUT2D eigenvalue weighted by Crippen LogP contribution is 2.25. The first-order valence-corrected chi connectivity index (χ1v) is 8.10. The van der Waals surface area contributed by atoms with Crippen LogP contribution in [0, 0.1) is 11.6 Å². The Labute approximate surface area is 153 Å². The molecule has 0 saturated heterocycles. The second-order valence-electron chi connectivity index (χ2n) is 6.85. The van der Waals surface area contributed by atoms with E-state index < -0.39 is 29.6 Å². The van der Waals surface area contributed by atoms with Gasteiger partial charge in [-0.25, -0.2) is 18.6 Å². The van der Waals surface area contributed by atoms with Crippen LogP contribution in [0.4, 0.5) is 13.6 Å². The van der Waals surface area contributed by atoms with Crippen LogP contribution in [0.2, 0.25) is 0 Å². The summed E-state index contributed by atoms with van der Waals surface area (Å²) >= 11 is 0. The molecule has 2 heterocycles. The molecule has 0 aliphatic heterocycles. The lowest BCUT2D eigenvalue weighted by Crippen LogP contribution is -2.35. The number of benzene rings is 1. The number of aromatic nitrogens is 3. The molecule has 2 aromatic heterocycles. The van der Waals surface area contributed by atoms with Gasteiger partial charge in [-0.15, -0.1) is 0 Å². The van der Waals surface area contributed by atoms with Crippen LogP contribution in [0.5, 0.6) is 0 Å². The van der Waals surface area contributed by atoms with Crippen LogP contribution in [0.25, 0.3) is 16.7 Å². The molecular formula is C18H18F2N4O3. The first-order valence-electron chi connectivity index (χ1n) is 8.10. The van der Waals surface area contributed by atoms with Gasteiger partial charge in [0.15, 0.2) is 12.1 Å². The third kappa shape index (κ3) is 4.20. The first kappa shape index (κ1) is 18.7. The first-order chi connectivity index (χ1) is 12.6. The summed E-state index contributed by atoms with van der Waals surface area (Å²) in [5.41, 5.74) is 0.0748. The lowest BCUT2D eigenvalue weighted by Gasteiger charge is -2.21. The number of carbonyl (C=O) groups excluding carboxylic acids is 1. The number of nitrogens with zero attached hydrogens (tertiary/aromatic N) is 3. The normalized spacial score (nSPS) is 12.8. The van der Waals surface area contributed by atoms with Crippen molar-refractivity contribution in [3.8, 4) is 5.69 Å². The second-order valence-corrected chi connectivity index (χ2v) is 6.85. The Bertz CT molecular complexity index is 998. The summed E-state index contributed by atoms with van der Waals surface area (Å²) in [6.07, 6.45) is -0.104. The van der Waals surface area contributed by atoms with Gasteiger partial charge < -0.3 is 9.84 Å². The molecule has 3 aromatic rings. The van der Waals surface area contributed by atoms with Crippen molar-refractivity contribution in [2.75, 3.05) is 0 Å². The molecule has 1 unspecified atom stereocenters. The summed E-state index contributed by atoms with van der Waals surface area (Å²) < 4.78 is 33.8. The Morgan fingerprint density at radius 3 is 2.63 bits per heavy atom. The zero-order valence-electron chi connectivity index (χ0n) is 14.9. The molecule has 0 spiro atoms. The molecular weight excluding hydrogens is 358 g/mol. The van der Waals surface area contributed by atoms with E-state index in [0.717, 1.165) is 12.3 Å². The maximum atomic E-state index is 13.7. The summed E-state index contributed by atoms with van der Waals surface area (Å²) in [5.74, 6) is -1.20. The molecule has 27 heavy (non-hydrogen) atoms. The summed E-state index contributed by atoms with van der Waals surface area (Å²) in [5, 5.41) is 12.7. The van der Waals surface area contributed by atoms with E-state index in [1.807, 2.05) is 0 Å². The van der Waals surface area contributed by atoms with Crippen molar-refractivity contribution in [2.24, 2.45) is 0 Å². The number of fused-ring (bicyclic) bond motifs is 1. The van der Waals surface area contributed by atoms with E-state index in [2.05, 4.69) is 15.3 Å². The van der Waals surface area contributed by atoms with Crippen molar-refractivity contribution in [1.82, 2.24) is 19.9 Å². The van der Waals surface area contributed by atoms with Crippen LogP contribution in [0.15, 0.2) is 36.7 Å². The zero-order chi connectivity index (χ0) is 19.8. The number of rotatable bonds is 3. The number of aliphatic hydroxyl groups is 1. The number of pyridine rings is 1. The highest BCUT2D eigenvalue weighted by Gasteiger charge is 2.24. The molecule has 0 bridgehead atoms. The largest absolute Gasteiger partial charge is 0.444 e. The minimum atomic E-state index is -1.58. The van der Waals surface area contributed by atoms with Gasteiger partial charge in [-0.2, -0.15) is 0 Å². The maximum absolute atomic E-state index is 13.7.